The van der Waals surface area contributed by atoms with E-state index in [1.54, 1.807) is 0 Å². The van der Waals surface area contributed by atoms with E-state index < -0.39 is 5.97 Å². The van der Waals surface area contributed by atoms with Crippen molar-refractivity contribution in [2.45, 2.75) is 6.61 Å². The van der Waals surface area contributed by atoms with Crippen LogP contribution in [0, 0.1) is 0 Å². The first-order chi connectivity index (χ1) is 7.58. The van der Waals surface area contributed by atoms with E-state index in [0.29, 0.717) is 10.6 Å². The van der Waals surface area contributed by atoms with Gasteiger partial charge in [-0.3, -0.25) is 0 Å². The fourth-order valence-electron chi connectivity index (χ4n) is 1.08. The van der Waals surface area contributed by atoms with Crippen LogP contribution in [0.25, 0.3) is 0 Å². The van der Waals surface area contributed by atoms with Gasteiger partial charge in [-0.15, -0.1) is 0 Å². The number of esters is 1. The summed E-state index contributed by atoms with van der Waals surface area (Å²) in [5, 5.41) is 9.70. The predicted octanol–water partition coefficient (Wildman–Crippen LogP) is 2.04. The molecule has 0 bridgehead atoms. The highest BCUT2D eigenvalue weighted by Gasteiger charge is 2.12. The number of aliphatic hydroxyl groups excluding tert-OH is 1. The standard InChI is InChI=1S/C10H10Cl2O4/c1-15-9(14)5-16-10-6(4-13)2-7(11)3-8(10)12/h2-3,13H,4-5H2,1H3. The Morgan fingerprint density at radius 1 is 1.44 bits per heavy atom. The van der Waals surface area contributed by atoms with E-state index in [2.05, 4.69) is 4.74 Å². The summed E-state index contributed by atoms with van der Waals surface area (Å²) in [5.41, 5.74) is 0.418. The van der Waals surface area contributed by atoms with Crippen LogP contribution in [-0.4, -0.2) is 24.8 Å². The molecule has 1 rings (SSSR count). The molecule has 4 nitrogen and oxygen atoms in total. The summed E-state index contributed by atoms with van der Waals surface area (Å²) in [5.74, 6) is -0.297. The van der Waals surface area contributed by atoms with E-state index in [1.807, 2.05) is 0 Å². The fraction of sp³-hybridized carbons (Fsp3) is 0.300. The first-order valence-corrected chi connectivity index (χ1v) is 5.12. The quantitative estimate of drug-likeness (QED) is 0.846. The van der Waals surface area contributed by atoms with E-state index in [9.17, 15) is 4.79 Å². The number of ether oxygens (including phenoxy) is 2. The molecule has 0 amide bonds. The monoisotopic (exact) mass is 264 g/mol. The van der Waals surface area contributed by atoms with Crippen LogP contribution < -0.4 is 4.74 Å². The molecule has 6 heteroatoms. The van der Waals surface area contributed by atoms with Crippen LogP contribution in [-0.2, 0) is 16.1 Å². The topological polar surface area (TPSA) is 55.8 Å². The van der Waals surface area contributed by atoms with Gasteiger partial charge < -0.3 is 14.6 Å². The molecule has 0 radical (unpaired) electrons. The lowest BCUT2D eigenvalue weighted by molar-refractivity contribution is -0.142. The van der Waals surface area contributed by atoms with Crippen molar-refractivity contribution in [3.8, 4) is 5.75 Å². The van der Waals surface area contributed by atoms with Crippen LogP contribution in [0.2, 0.25) is 10.0 Å². The zero-order valence-corrected chi connectivity index (χ0v) is 10.0. The van der Waals surface area contributed by atoms with Crippen molar-refractivity contribution in [2.75, 3.05) is 13.7 Å². The highest BCUT2D eigenvalue weighted by molar-refractivity contribution is 6.35. The average Bonchev–Trinajstić information content (AvgIpc) is 2.26. The molecule has 0 saturated carbocycles. The van der Waals surface area contributed by atoms with Crippen molar-refractivity contribution >= 4 is 29.2 Å². The molecule has 1 aromatic rings. The van der Waals surface area contributed by atoms with Gasteiger partial charge in [-0.25, -0.2) is 4.79 Å². The average molecular weight is 265 g/mol. The number of benzene rings is 1. The number of aliphatic hydroxyl groups is 1. The number of hydrogen-bond donors (Lipinski definition) is 1. The summed E-state index contributed by atoms with van der Waals surface area (Å²) in [6, 6.07) is 2.98. The summed E-state index contributed by atoms with van der Waals surface area (Å²) in [6.45, 7) is -0.554. The normalized spacial score (nSPS) is 10.0. The highest BCUT2D eigenvalue weighted by Crippen LogP contribution is 2.32. The third-order valence-electron chi connectivity index (χ3n) is 1.82. The van der Waals surface area contributed by atoms with Crippen LogP contribution in [0.15, 0.2) is 12.1 Å². The highest BCUT2D eigenvalue weighted by atomic mass is 35.5. The maximum absolute atomic E-state index is 10.9. The Bertz CT molecular complexity index is 393. The molecule has 0 spiro atoms. The first kappa shape index (κ1) is 13.1. The maximum atomic E-state index is 10.9. The van der Waals surface area contributed by atoms with Crippen LogP contribution in [0.3, 0.4) is 0 Å². The molecule has 0 aliphatic carbocycles. The second kappa shape index (κ2) is 5.94. The van der Waals surface area contributed by atoms with Gasteiger partial charge in [0.15, 0.2) is 6.61 Å². The van der Waals surface area contributed by atoms with E-state index in [4.69, 9.17) is 33.0 Å². The molecule has 1 N–H and O–H groups in total. The van der Waals surface area contributed by atoms with Crippen molar-refractivity contribution in [1.82, 2.24) is 0 Å². The molecule has 0 unspecified atom stereocenters. The number of hydrogen-bond acceptors (Lipinski definition) is 4. The Hall–Kier alpha value is -0.970. The van der Waals surface area contributed by atoms with Gasteiger partial charge in [0.2, 0.25) is 0 Å². The number of carbonyl (C=O) groups excluding carboxylic acids is 1. The van der Waals surface area contributed by atoms with Crippen molar-refractivity contribution in [3.63, 3.8) is 0 Å². The molecule has 16 heavy (non-hydrogen) atoms. The third-order valence-corrected chi connectivity index (χ3v) is 2.32. The molecule has 0 fully saturated rings. The minimum absolute atomic E-state index is 0.235. The van der Waals surface area contributed by atoms with Crippen molar-refractivity contribution in [1.29, 1.82) is 0 Å². The number of halogens is 2. The van der Waals surface area contributed by atoms with Crippen molar-refractivity contribution in [3.05, 3.63) is 27.7 Å². The summed E-state index contributed by atoms with van der Waals surface area (Å²) in [7, 11) is 1.25. The van der Waals surface area contributed by atoms with Gasteiger partial charge in [-0.05, 0) is 12.1 Å². The molecular formula is C10H10Cl2O4. The maximum Gasteiger partial charge on any atom is 0.343 e. The van der Waals surface area contributed by atoms with Gasteiger partial charge in [-0.1, -0.05) is 23.2 Å². The van der Waals surface area contributed by atoms with Gasteiger partial charge in [0.1, 0.15) is 5.75 Å². The van der Waals surface area contributed by atoms with E-state index in [-0.39, 0.29) is 24.0 Å². The number of carbonyl (C=O) groups is 1. The van der Waals surface area contributed by atoms with Crippen molar-refractivity contribution < 1.29 is 19.4 Å². The van der Waals surface area contributed by atoms with E-state index in [0.717, 1.165) is 0 Å². The van der Waals surface area contributed by atoms with E-state index >= 15 is 0 Å². The Labute approximate surface area is 103 Å². The summed E-state index contributed by atoms with van der Waals surface area (Å²) >= 11 is 11.6. The van der Waals surface area contributed by atoms with E-state index in [1.165, 1.54) is 19.2 Å². The van der Waals surface area contributed by atoms with Crippen LogP contribution in [0.1, 0.15) is 5.56 Å². The molecule has 1 aromatic carbocycles. The fourth-order valence-corrected chi connectivity index (χ4v) is 1.67. The molecule has 0 aliphatic heterocycles. The zero-order valence-electron chi connectivity index (χ0n) is 8.50. The largest absolute Gasteiger partial charge is 0.480 e. The third kappa shape index (κ3) is 3.27. The molecular weight excluding hydrogens is 255 g/mol. The van der Waals surface area contributed by atoms with Gasteiger partial charge in [-0.2, -0.15) is 0 Å². The molecule has 0 atom stereocenters. The smallest absolute Gasteiger partial charge is 0.343 e. The lowest BCUT2D eigenvalue weighted by Crippen LogP contribution is -2.13. The number of methoxy groups -OCH3 is 1. The second-order valence-electron chi connectivity index (χ2n) is 2.90. The molecule has 88 valence electrons. The Morgan fingerprint density at radius 2 is 2.12 bits per heavy atom. The molecule has 0 heterocycles. The minimum atomic E-state index is -0.532. The molecule has 0 aromatic heterocycles. The Balaban J connectivity index is 2.89. The Kier molecular flexibility index (Phi) is 4.86. The van der Waals surface area contributed by atoms with Gasteiger partial charge in [0.05, 0.1) is 18.7 Å². The minimum Gasteiger partial charge on any atom is -0.480 e. The lowest BCUT2D eigenvalue weighted by atomic mass is 10.2. The van der Waals surface area contributed by atoms with Gasteiger partial charge >= 0.3 is 5.97 Å². The van der Waals surface area contributed by atoms with Gasteiger partial charge in [0.25, 0.3) is 0 Å². The first-order valence-electron chi connectivity index (χ1n) is 4.37. The summed E-state index contributed by atoms with van der Waals surface area (Å²) in [4.78, 5) is 10.9. The SMILES string of the molecule is COC(=O)COc1c(Cl)cc(Cl)cc1CO. The lowest BCUT2D eigenvalue weighted by Gasteiger charge is -2.11. The Morgan fingerprint density at radius 3 is 2.69 bits per heavy atom. The zero-order chi connectivity index (χ0) is 12.1. The summed E-state index contributed by atoms with van der Waals surface area (Å²) in [6.07, 6.45) is 0. The number of rotatable bonds is 4. The molecule has 0 saturated heterocycles. The van der Waals surface area contributed by atoms with Gasteiger partial charge in [0, 0.05) is 10.6 Å². The second-order valence-corrected chi connectivity index (χ2v) is 3.74. The predicted molar refractivity (Wildman–Crippen MR) is 59.9 cm³/mol. The van der Waals surface area contributed by atoms with Crippen LogP contribution in [0.4, 0.5) is 0 Å². The summed E-state index contributed by atoms with van der Waals surface area (Å²) < 4.78 is 9.55. The van der Waals surface area contributed by atoms with Crippen molar-refractivity contribution in [2.24, 2.45) is 0 Å². The van der Waals surface area contributed by atoms with Crippen LogP contribution >= 0.6 is 23.2 Å². The molecule has 0 aliphatic rings. The van der Waals surface area contributed by atoms with Crippen LogP contribution in [0.5, 0.6) is 5.75 Å².